The Morgan fingerprint density at radius 3 is 1.96 bits per heavy atom. The molecule has 1 aromatic carbocycles. The second kappa shape index (κ2) is 15.4. The molecule has 1 heterocycles. The van der Waals surface area contributed by atoms with E-state index in [0.29, 0.717) is 6.42 Å². The molecule has 49 heavy (non-hydrogen) atoms. The summed E-state index contributed by atoms with van der Waals surface area (Å²) in [5.41, 5.74) is 0.383. The number of fused-ring (bicyclic) bond motifs is 1. The Morgan fingerprint density at radius 2 is 1.43 bits per heavy atom. The highest BCUT2D eigenvalue weighted by Gasteiger charge is 2.46. The first-order valence-electron chi connectivity index (χ1n) is 17.1. The topological polar surface area (TPSA) is 176 Å². The van der Waals surface area contributed by atoms with Gasteiger partial charge in [0.15, 0.2) is 5.78 Å². The highest BCUT2D eigenvalue weighted by Crippen LogP contribution is 2.35. The molecule has 2 aliphatic rings. The molecular weight excluding hydrogens is 624 g/mol. The molecule has 2 aliphatic carbocycles. The van der Waals surface area contributed by atoms with E-state index in [1.165, 1.54) is 18.6 Å². The largest absolute Gasteiger partial charge is 0.347 e. The van der Waals surface area contributed by atoms with Crippen molar-refractivity contribution in [1.82, 2.24) is 31.2 Å². The van der Waals surface area contributed by atoms with E-state index in [0.717, 1.165) is 24.0 Å². The van der Waals surface area contributed by atoms with Gasteiger partial charge in [0.05, 0.1) is 24.2 Å². The van der Waals surface area contributed by atoms with Crippen LogP contribution in [0.4, 0.5) is 0 Å². The molecule has 1 unspecified atom stereocenters. The Balaban J connectivity index is 1.61. The SMILES string of the molecule is CCC[C@H](NC(=O)[C@@H]1Cc2ccccc2CC1C(=O)[C@@H](NC(=O)[C@@H](NC(=O)c1cnccn1)C(C)(C)C)C(C)(C)C)C(=O)C(=O)NC1CC1. The lowest BCUT2D eigenvalue weighted by molar-refractivity contribution is -0.142. The van der Waals surface area contributed by atoms with Crippen LogP contribution in [0.1, 0.15) is 95.8 Å². The zero-order chi connectivity index (χ0) is 36.1. The number of hydrogen-bond acceptors (Lipinski definition) is 8. The fraction of sp³-hybridized carbons (Fsp3) is 0.568. The smallest absolute Gasteiger partial charge is 0.289 e. The maximum atomic E-state index is 14.7. The molecule has 1 fully saturated rings. The van der Waals surface area contributed by atoms with Crippen LogP contribution in [0.3, 0.4) is 0 Å². The van der Waals surface area contributed by atoms with E-state index in [1.54, 1.807) is 20.8 Å². The molecule has 4 rings (SSSR count). The number of nitrogens with one attached hydrogen (secondary N) is 4. The number of carbonyl (C=O) groups is 6. The summed E-state index contributed by atoms with van der Waals surface area (Å²) < 4.78 is 0. The summed E-state index contributed by atoms with van der Waals surface area (Å²) in [5, 5.41) is 11.2. The van der Waals surface area contributed by atoms with Gasteiger partial charge in [-0.25, -0.2) is 4.98 Å². The summed E-state index contributed by atoms with van der Waals surface area (Å²) in [4.78, 5) is 89.5. The van der Waals surface area contributed by atoms with Crippen LogP contribution in [0.5, 0.6) is 0 Å². The number of Topliss-reactive ketones (excluding diaryl/α,β-unsaturated/α-hetero) is 2. The van der Waals surface area contributed by atoms with E-state index in [9.17, 15) is 28.8 Å². The monoisotopic (exact) mass is 674 g/mol. The van der Waals surface area contributed by atoms with Gasteiger partial charge in [-0.05, 0) is 54.1 Å². The molecule has 1 saturated carbocycles. The highest BCUT2D eigenvalue weighted by molar-refractivity contribution is 6.38. The van der Waals surface area contributed by atoms with Crippen LogP contribution in [0.2, 0.25) is 0 Å². The lowest BCUT2D eigenvalue weighted by atomic mass is 9.69. The molecule has 2 aromatic rings. The van der Waals surface area contributed by atoms with Gasteiger partial charge in [-0.3, -0.25) is 33.8 Å². The molecule has 0 radical (unpaired) electrons. The summed E-state index contributed by atoms with van der Waals surface area (Å²) in [7, 11) is 0. The number of carbonyl (C=O) groups excluding carboxylic acids is 6. The number of amides is 4. The summed E-state index contributed by atoms with van der Waals surface area (Å²) in [6.45, 7) is 12.8. The lowest BCUT2D eigenvalue weighted by Gasteiger charge is -2.39. The molecule has 4 N–H and O–H groups in total. The van der Waals surface area contributed by atoms with Gasteiger partial charge in [-0.15, -0.1) is 0 Å². The number of rotatable bonds is 13. The van der Waals surface area contributed by atoms with Gasteiger partial charge in [0.25, 0.3) is 11.8 Å². The second-order valence-electron chi connectivity index (χ2n) is 15.4. The first kappa shape index (κ1) is 37.3. The molecule has 1 aromatic heterocycles. The average molecular weight is 675 g/mol. The van der Waals surface area contributed by atoms with Crippen molar-refractivity contribution in [3.05, 3.63) is 59.7 Å². The standard InChI is InChI=1S/C37H50N6O6/c1-8-11-26(29(45)34(48)40-23-14-15-23)41-32(46)25-19-22-13-10-9-12-21(22)18-24(25)28(44)30(36(2,3)4)42-35(49)31(37(5,6)7)43-33(47)27-20-38-16-17-39-27/h9-10,12-13,16-17,20,23-26,30-31H,8,11,14-15,18-19H2,1-7H3,(H,40,48)(H,41,46)(H,42,49)(H,43,47)/t24?,25-,26+,30-,31-/m1/s1. The molecule has 0 spiro atoms. The van der Waals surface area contributed by atoms with Gasteiger partial charge < -0.3 is 21.3 Å². The highest BCUT2D eigenvalue weighted by atomic mass is 16.2. The van der Waals surface area contributed by atoms with Crippen molar-refractivity contribution in [2.75, 3.05) is 0 Å². The van der Waals surface area contributed by atoms with Crippen LogP contribution in [-0.2, 0) is 36.8 Å². The van der Waals surface area contributed by atoms with E-state index < -0.39 is 70.2 Å². The molecule has 12 nitrogen and oxygen atoms in total. The van der Waals surface area contributed by atoms with Crippen molar-refractivity contribution >= 4 is 35.2 Å². The van der Waals surface area contributed by atoms with Crippen molar-refractivity contribution in [2.24, 2.45) is 22.7 Å². The predicted molar refractivity (Wildman–Crippen MR) is 183 cm³/mol. The summed E-state index contributed by atoms with van der Waals surface area (Å²) in [5.74, 6) is -5.03. The molecule has 0 bridgehead atoms. The van der Waals surface area contributed by atoms with Gasteiger partial charge >= 0.3 is 0 Å². The number of hydrogen-bond donors (Lipinski definition) is 4. The minimum Gasteiger partial charge on any atom is -0.347 e. The van der Waals surface area contributed by atoms with Gasteiger partial charge in [0.2, 0.25) is 17.6 Å². The van der Waals surface area contributed by atoms with Crippen molar-refractivity contribution in [3.8, 4) is 0 Å². The Hall–Kier alpha value is -4.48. The van der Waals surface area contributed by atoms with Crippen molar-refractivity contribution in [3.63, 3.8) is 0 Å². The van der Waals surface area contributed by atoms with Crippen molar-refractivity contribution < 1.29 is 28.8 Å². The lowest BCUT2D eigenvalue weighted by Crippen LogP contribution is -2.61. The summed E-state index contributed by atoms with van der Waals surface area (Å²) >= 11 is 0. The fourth-order valence-corrected chi connectivity index (χ4v) is 6.22. The zero-order valence-corrected chi connectivity index (χ0v) is 29.6. The van der Waals surface area contributed by atoms with Gasteiger partial charge in [-0.1, -0.05) is 79.2 Å². The van der Waals surface area contributed by atoms with Crippen LogP contribution >= 0.6 is 0 Å². The molecule has 12 heteroatoms. The third-order valence-corrected chi connectivity index (χ3v) is 9.17. The third kappa shape index (κ3) is 9.57. The number of ketones is 2. The van der Waals surface area contributed by atoms with E-state index in [2.05, 4.69) is 31.2 Å². The van der Waals surface area contributed by atoms with Crippen LogP contribution in [0, 0.1) is 22.7 Å². The molecular formula is C37H50N6O6. The van der Waals surface area contributed by atoms with Crippen LogP contribution in [0.15, 0.2) is 42.9 Å². The number of nitrogens with zero attached hydrogens (tertiary/aromatic N) is 2. The van der Waals surface area contributed by atoms with Crippen LogP contribution < -0.4 is 21.3 Å². The van der Waals surface area contributed by atoms with Gasteiger partial charge in [0.1, 0.15) is 11.7 Å². The average Bonchev–Trinajstić information content (AvgIpc) is 3.87. The normalized spacial score (nSPS) is 19.3. The number of aromatic nitrogens is 2. The summed E-state index contributed by atoms with van der Waals surface area (Å²) in [6, 6.07) is 4.52. The van der Waals surface area contributed by atoms with E-state index in [1.807, 2.05) is 52.0 Å². The quantitative estimate of drug-likeness (QED) is 0.235. The van der Waals surface area contributed by atoms with Crippen molar-refractivity contribution in [1.29, 1.82) is 0 Å². The molecule has 264 valence electrons. The van der Waals surface area contributed by atoms with Crippen LogP contribution in [0.25, 0.3) is 0 Å². The first-order chi connectivity index (χ1) is 23.0. The fourth-order valence-electron chi connectivity index (χ4n) is 6.22. The Kier molecular flexibility index (Phi) is 11.7. The minimum absolute atomic E-state index is 0.00553. The van der Waals surface area contributed by atoms with Crippen molar-refractivity contribution in [2.45, 2.75) is 111 Å². The maximum absolute atomic E-state index is 14.7. The molecule has 4 amide bonds. The van der Waals surface area contributed by atoms with E-state index in [4.69, 9.17) is 0 Å². The predicted octanol–water partition coefficient (Wildman–Crippen LogP) is 2.88. The Morgan fingerprint density at radius 1 is 0.816 bits per heavy atom. The van der Waals surface area contributed by atoms with Gasteiger partial charge in [0, 0.05) is 24.4 Å². The van der Waals surface area contributed by atoms with E-state index in [-0.39, 0.29) is 36.8 Å². The van der Waals surface area contributed by atoms with Gasteiger partial charge in [-0.2, -0.15) is 0 Å². The molecule has 0 aliphatic heterocycles. The first-order valence-corrected chi connectivity index (χ1v) is 17.1. The Bertz CT molecular complexity index is 1560. The maximum Gasteiger partial charge on any atom is 0.289 e. The summed E-state index contributed by atoms with van der Waals surface area (Å²) in [6.07, 6.45) is 7.13. The third-order valence-electron chi connectivity index (χ3n) is 9.17. The minimum atomic E-state index is -1.03. The molecule has 5 atom stereocenters. The zero-order valence-electron chi connectivity index (χ0n) is 29.6. The van der Waals surface area contributed by atoms with E-state index >= 15 is 0 Å². The molecule has 0 saturated heterocycles. The van der Waals surface area contributed by atoms with Crippen LogP contribution in [-0.4, -0.2) is 69.3 Å². The number of benzene rings is 1. The second-order valence-corrected chi connectivity index (χ2v) is 15.4. The Labute approximate surface area is 288 Å².